The Balaban J connectivity index is 1.99. The smallest absolute Gasteiger partial charge is 0.416 e. The maximum absolute atomic E-state index is 12.7. The first-order chi connectivity index (χ1) is 13.0. The number of hydrogen-bond donors (Lipinski definition) is 1. The molecule has 0 bridgehead atoms. The maximum Gasteiger partial charge on any atom is 0.416 e. The van der Waals surface area contributed by atoms with Crippen LogP contribution >= 0.6 is 0 Å². The summed E-state index contributed by atoms with van der Waals surface area (Å²) >= 11 is 0. The van der Waals surface area contributed by atoms with Gasteiger partial charge in [0.2, 0.25) is 0 Å². The number of halogens is 3. The molecule has 0 aliphatic carbocycles. The number of nitrogens with one attached hydrogen (secondary N) is 1. The van der Waals surface area contributed by atoms with Crippen molar-refractivity contribution in [2.24, 2.45) is 0 Å². The number of rotatable bonds is 7. The molecule has 0 unspecified atom stereocenters. The Kier molecular flexibility index (Phi) is 6.71. The summed E-state index contributed by atoms with van der Waals surface area (Å²) in [6, 6.07) is 10.0. The number of carbonyl (C=O) groups is 1. The van der Waals surface area contributed by atoms with Crippen LogP contribution in [0.5, 0.6) is 5.75 Å². The van der Waals surface area contributed by atoms with Gasteiger partial charge in [-0.2, -0.15) is 13.2 Å². The molecule has 5 nitrogen and oxygen atoms in total. The first-order valence-corrected chi connectivity index (χ1v) is 10.3. The molecule has 0 aliphatic heterocycles. The third-order valence-corrected chi connectivity index (χ3v) is 5.11. The highest BCUT2D eigenvalue weighted by Gasteiger charge is 2.30. The summed E-state index contributed by atoms with van der Waals surface area (Å²) < 4.78 is 66.3. The van der Waals surface area contributed by atoms with E-state index >= 15 is 0 Å². The van der Waals surface area contributed by atoms with E-state index in [4.69, 9.17) is 4.74 Å². The molecule has 1 amide bonds. The highest BCUT2D eigenvalue weighted by atomic mass is 32.2. The molecule has 9 heteroatoms. The molecule has 0 heterocycles. The van der Waals surface area contributed by atoms with Gasteiger partial charge < -0.3 is 10.1 Å². The lowest BCUT2D eigenvalue weighted by Crippen LogP contribution is -2.32. The average molecular weight is 415 g/mol. The molecule has 2 rings (SSSR count). The minimum atomic E-state index is -4.49. The van der Waals surface area contributed by atoms with Crippen LogP contribution in [-0.2, 0) is 20.8 Å². The second-order valence-corrected chi connectivity index (χ2v) is 8.20. The molecule has 0 saturated heterocycles. The number of ether oxygens (including phenoxy) is 1. The molecule has 0 radical (unpaired) electrons. The topological polar surface area (TPSA) is 72.5 Å². The van der Waals surface area contributed by atoms with Crippen molar-refractivity contribution in [2.75, 3.05) is 12.9 Å². The molecular weight excluding hydrogens is 395 g/mol. The zero-order chi connectivity index (χ0) is 20.9. The van der Waals surface area contributed by atoms with Crippen LogP contribution in [0.4, 0.5) is 13.2 Å². The lowest BCUT2D eigenvalue weighted by molar-refractivity contribution is -0.137. The average Bonchev–Trinajstić information content (AvgIpc) is 2.63. The van der Waals surface area contributed by atoms with Crippen molar-refractivity contribution in [3.05, 3.63) is 59.7 Å². The highest BCUT2D eigenvalue weighted by molar-refractivity contribution is 7.90. The molecule has 0 aliphatic rings. The van der Waals surface area contributed by atoms with Crippen molar-refractivity contribution < 1.29 is 31.1 Å². The van der Waals surface area contributed by atoms with Crippen LogP contribution in [0.1, 0.15) is 30.5 Å². The van der Waals surface area contributed by atoms with E-state index < -0.39 is 34.1 Å². The van der Waals surface area contributed by atoms with Crippen molar-refractivity contribution in [3.63, 3.8) is 0 Å². The van der Waals surface area contributed by atoms with E-state index in [2.05, 4.69) is 5.32 Å². The molecule has 152 valence electrons. The lowest BCUT2D eigenvalue weighted by atomic mass is 10.0. The summed E-state index contributed by atoms with van der Waals surface area (Å²) in [6.45, 7) is 1.39. The molecular formula is C19H20F3NO4S. The predicted molar refractivity (Wildman–Crippen MR) is 97.7 cm³/mol. The minimum Gasteiger partial charge on any atom is -0.484 e. The molecule has 28 heavy (non-hydrogen) atoms. The monoisotopic (exact) mass is 415 g/mol. The van der Waals surface area contributed by atoms with Crippen molar-refractivity contribution in [1.29, 1.82) is 0 Å². The van der Waals surface area contributed by atoms with Gasteiger partial charge in [0.1, 0.15) is 5.75 Å². The number of carbonyl (C=O) groups excluding carboxylic acids is 1. The summed E-state index contributed by atoms with van der Waals surface area (Å²) in [4.78, 5) is 12.3. The van der Waals surface area contributed by atoms with E-state index in [1.165, 1.54) is 24.3 Å². The second-order valence-electron chi connectivity index (χ2n) is 6.18. The second kappa shape index (κ2) is 8.64. The molecule has 2 aromatic carbocycles. The Morgan fingerprint density at radius 3 is 2.32 bits per heavy atom. The van der Waals surface area contributed by atoms with Crippen molar-refractivity contribution in [1.82, 2.24) is 5.32 Å². The molecule has 0 spiro atoms. The molecule has 0 aromatic heterocycles. The number of alkyl halides is 3. The van der Waals surface area contributed by atoms with Gasteiger partial charge in [0.25, 0.3) is 5.91 Å². The first kappa shape index (κ1) is 21.7. The van der Waals surface area contributed by atoms with E-state index in [1.807, 2.05) is 6.92 Å². The lowest BCUT2D eigenvalue weighted by Gasteiger charge is -2.18. The van der Waals surface area contributed by atoms with Gasteiger partial charge in [-0.05, 0) is 42.3 Å². The van der Waals surface area contributed by atoms with Crippen molar-refractivity contribution in [2.45, 2.75) is 30.5 Å². The molecule has 0 fully saturated rings. The zero-order valence-electron chi connectivity index (χ0n) is 15.3. The summed E-state index contributed by atoms with van der Waals surface area (Å²) in [7, 11) is -3.32. The number of hydrogen-bond acceptors (Lipinski definition) is 4. The summed E-state index contributed by atoms with van der Waals surface area (Å²) in [6.07, 6.45) is -2.85. The Morgan fingerprint density at radius 2 is 1.79 bits per heavy atom. The SMILES string of the molecule is CC[C@@H](NC(=O)COc1cccc(C(F)(F)F)c1)c1ccc(S(C)(=O)=O)cc1. The van der Waals surface area contributed by atoms with Gasteiger partial charge >= 0.3 is 6.18 Å². The normalized spacial score (nSPS) is 13.0. The van der Waals surface area contributed by atoms with Gasteiger partial charge in [0.15, 0.2) is 16.4 Å². The molecule has 1 atom stereocenters. The van der Waals surface area contributed by atoms with Crippen LogP contribution in [0, 0.1) is 0 Å². The maximum atomic E-state index is 12.7. The standard InChI is InChI=1S/C19H20F3NO4S/c1-3-17(13-7-9-16(10-8-13)28(2,25)26)23-18(24)12-27-15-6-4-5-14(11-15)19(20,21)22/h4-11,17H,3,12H2,1-2H3,(H,23,24)/t17-/m1/s1. The van der Waals surface area contributed by atoms with Crippen LogP contribution in [-0.4, -0.2) is 27.2 Å². The summed E-state index contributed by atoms with van der Waals surface area (Å²) in [5.74, 6) is -0.563. The Hall–Kier alpha value is -2.55. The van der Waals surface area contributed by atoms with Crippen molar-refractivity contribution >= 4 is 15.7 Å². The van der Waals surface area contributed by atoms with E-state index in [9.17, 15) is 26.4 Å². The number of sulfone groups is 1. The van der Waals surface area contributed by atoms with Crippen LogP contribution < -0.4 is 10.1 Å². The number of benzene rings is 2. The third kappa shape index (κ3) is 5.98. The van der Waals surface area contributed by atoms with E-state index in [-0.39, 0.29) is 16.7 Å². The largest absolute Gasteiger partial charge is 0.484 e. The number of amides is 1. The van der Waals surface area contributed by atoms with Gasteiger partial charge in [0.05, 0.1) is 16.5 Å². The first-order valence-electron chi connectivity index (χ1n) is 8.40. The van der Waals surface area contributed by atoms with Crippen LogP contribution in [0.15, 0.2) is 53.4 Å². The quantitative estimate of drug-likeness (QED) is 0.748. The van der Waals surface area contributed by atoms with Crippen LogP contribution in [0.3, 0.4) is 0 Å². The fraction of sp³-hybridized carbons (Fsp3) is 0.316. The zero-order valence-corrected chi connectivity index (χ0v) is 16.1. The van der Waals surface area contributed by atoms with E-state index in [0.717, 1.165) is 18.4 Å². The Labute approximate surface area is 161 Å². The molecule has 1 N–H and O–H groups in total. The van der Waals surface area contributed by atoms with E-state index in [0.29, 0.717) is 12.0 Å². The van der Waals surface area contributed by atoms with Gasteiger partial charge in [-0.15, -0.1) is 0 Å². The van der Waals surface area contributed by atoms with Crippen LogP contribution in [0.25, 0.3) is 0 Å². The highest BCUT2D eigenvalue weighted by Crippen LogP contribution is 2.31. The van der Waals surface area contributed by atoms with Gasteiger partial charge in [-0.25, -0.2) is 8.42 Å². The fourth-order valence-corrected chi connectivity index (χ4v) is 3.15. The van der Waals surface area contributed by atoms with Gasteiger partial charge in [-0.3, -0.25) is 4.79 Å². The van der Waals surface area contributed by atoms with Crippen LogP contribution in [0.2, 0.25) is 0 Å². The third-order valence-electron chi connectivity index (χ3n) is 3.99. The predicted octanol–water partition coefficient (Wildman–Crippen LogP) is 3.76. The van der Waals surface area contributed by atoms with Gasteiger partial charge in [0, 0.05) is 6.26 Å². The summed E-state index contributed by atoms with van der Waals surface area (Å²) in [5.41, 5.74) is -0.148. The van der Waals surface area contributed by atoms with Crippen molar-refractivity contribution in [3.8, 4) is 5.75 Å². The fourth-order valence-electron chi connectivity index (χ4n) is 2.52. The Morgan fingerprint density at radius 1 is 1.14 bits per heavy atom. The minimum absolute atomic E-state index is 0.0597. The molecule has 2 aromatic rings. The molecule has 0 saturated carbocycles. The van der Waals surface area contributed by atoms with E-state index in [1.54, 1.807) is 12.1 Å². The summed E-state index contributed by atoms with van der Waals surface area (Å²) in [5, 5.41) is 2.72. The Bertz CT molecular complexity index is 925. The van der Waals surface area contributed by atoms with Gasteiger partial charge in [-0.1, -0.05) is 25.1 Å².